The van der Waals surface area contributed by atoms with E-state index in [9.17, 15) is 14.7 Å². The van der Waals surface area contributed by atoms with Crippen molar-refractivity contribution >= 4 is 11.9 Å². The van der Waals surface area contributed by atoms with Crippen LogP contribution in [0.3, 0.4) is 0 Å². The summed E-state index contributed by atoms with van der Waals surface area (Å²) in [6, 6.07) is 5.96. The average molecular weight is 567 g/mol. The first kappa shape index (κ1) is 36.0. The summed E-state index contributed by atoms with van der Waals surface area (Å²) in [4.78, 5) is 23.4. The van der Waals surface area contributed by atoms with Crippen LogP contribution in [0.4, 0.5) is 0 Å². The predicted molar refractivity (Wildman–Crippen MR) is 157 cm³/mol. The monoisotopic (exact) mass is 566 g/mol. The van der Waals surface area contributed by atoms with E-state index in [-0.39, 0.29) is 30.6 Å². The molecule has 0 saturated heterocycles. The van der Waals surface area contributed by atoms with E-state index in [4.69, 9.17) is 23.7 Å². The van der Waals surface area contributed by atoms with Crippen LogP contribution in [-0.2, 0) is 23.7 Å². The maximum absolute atomic E-state index is 12.2. The number of ether oxygens (including phenoxy) is 5. The number of carboxylic acid groups (broad SMARTS) is 1. The first-order valence-electron chi connectivity index (χ1n) is 15.2. The second-order valence-electron chi connectivity index (χ2n) is 11.0. The molecule has 0 bridgehead atoms. The van der Waals surface area contributed by atoms with Gasteiger partial charge in [0.25, 0.3) is 0 Å². The van der Waals surface area contributed by atoms with Gasteiger partial charge in [-0.2, -0.15) is 0 Å². The van der Waals surface area contributed by atoms with E-state index in [0.717, 1.165) is 37.5 Å². The van der Waals surface area contributed by atoms with Crippen molar-refractivity contribution in [1.82, 2.24) is 0 Å². The van der Waals surface area contributed by atoms with E-state index in [0.29, 0.717) is 33.0 Å². The second kappa shape index (κ2) is 23.7. The Bertz CT molecular complexity index is 758. The van der Waals surface area contributed by atoms with Crippen molar-refractivity contribution in [3.63, 3.8) is 0 Å². The van der Waals surface area contributed by atoms with Crippen LogP contribution in [-0.4, -0.2) is 69.6 Å². The predicted octanol–water partition coefficient (Wildman–Crippen LogP) is 7.15. The normalized spacial score (nSPS) is 11.6. The van der Waals surface area contributed by atoms with Gasteiger partial charge in [0.15, 0.2) is 6.29 Å². The lowest BCUT2D eigenvalue weighted by atomic mass is 10.0. The number of benzene rings is 1. The molecular weight excluding hydrogens is 512 g/mol. The molecule has 1 aromatic carbocycles. The number of carbonyl (C=O) groups is 2. The zero-order valence-electron chi connectivity index (χ0n) is 25.4. The Morgan fingerprint density at radius 2 is 1.15 bits per heavy atom. The fraction of sp³-hybridized carbons (Fsp3) is 0.750. The van der Waals surface area contributed by atoms with Crippen LogP contribution in [0.25, 0.3) is 0 Å². The quantitative estimate of drug-likeness (QED) is 0.0717. The van der Waals surface area contributed by atoms with Crippen LogP contribution in [0.2, 0.25) is 0 Å². The van der Waals surface area contributed by atoms with Gasteiger partial charge in [-0.1, -0.05) is 91.2 Å². The topological polar surface area (TPSA) is 101 Å². The molecule has 1 rings (SSSR count). The first-order chi connectivity index (χ1) is 19.3. The summed E-state index contributed by atoms with van der Waals surface area (Å²) < 4.78 is 28.3. The van der Waals surface area contributed by atoms with E-state index < -0.39 is 11.9 Å². The van der Waals surface area contributed by atoms with Gasteiger partial charge in [-0.3, -0.25) is 0 Å². The summed E-state index contributed by atoms with van der Waals surface area (Å²) in [7, 11) is 0. The molecule has 8 nitrogen and oxygen atoms in total. The number of aromatic carboxylic acids is 1. The summed E-state index contributed by atoms with van der Waals surface area (Å²) >= 11 is 0. The van der Waals surface area contributed by atoms with E-state index in [1.807, 2.05) is 0 Å². The summed E-state index contributed by atoms with van der Waals surface area (Å²) in [5.41, 5.74) is -0.0615. The summed E-state index contributed by atoms with van der Waals surface area (Å²) in [6.07, 6.45) is 11.5. The maximum atomic E-state index is 12.2. The molecule has 0 aliphatic rings. The zero-order valence-corrected chi connectivity index (χ0v) is 25.4. The molecule has 0 radical (unpaired) electrons. The molecule has 40 heavy (non-hydrogen) atoms. The highest BCUT2D eigenvalue weighted by molar-refractivity contribution is 6.02. The second-order valence-corrected chi connectivity index (χ2v) is 11.0. The molecule has 230 valence electrons. The molecule has 0 unspecified atom stereocenters. The number of hydrogen-bond acceptors (Lipinski definition) is 7. The van der Waals surface area contributed by atoms with Crippen LogP contribution in [0.15, 0.2) is 24.3 Å². The highest BCUT2D eigenvalue weighted by Crippen LogP contribution is 2.12. The molecule has 0 spiro atoms. The average Bonchev–Trinajstić information content (AvgIpc) is 2.92. The molecule has 0 aliphatic carbocycles. The van der Waals surface area contributed by atoms with Crippen molar-refractivity contribution in [1.29, 1.82) is 0 Å². The zero-order chi connectivity index (χ0) is 29.4. The number of hydrogen-bond donors (Lipinski definition) is 1. The SMILES string of the molecule is CC(C)CCCCCCOC(COCCOCCOC(=O)c1ccccc1C(=O)O)OCCCCCCC(C)C. The number of carboxylic acids is 1. The third-order valence-electron chi connectivity index (χ3n) is 6.42. The van der Waals surface area contributed by atoms with Crippen LogP contribution in [0.1, 0.15) is 113 Å². The smallest absolute Gasteiger partial charge is 0.339 e. The number of rotatable bonds is 26. The highest BCUT2D eigenvalue weighted by atomic mass is 16.7. The van der Waals surface area contributed by atoms with Crippen LogP contribution < -0.4 is 0 Å². The van der Waals surface area contributed by atoms with Gasteiger partial charge in [-0.25, -0.2) is 9.59 Å². The van der Waals surface area contributed by atoms with Crippen molar-refractivity contribution in [2.75, 3.05) is 46.2 Å². The lowest BCUT2D eigenvalue weighted by molar-refractivity contribution is -0.175. The molecule has 1 N–H and O–H groups in total. The lowest BCUT2D eigenvalue weighted by Gasteiger charge is -2.19. The molecule has 0 atom stereocenters. The molecular formula is C32H54O8. The minimum Gasteiger partial charge on any atom is -0.478 e. The maximum Gasteiger partial charge on any atom is 0.339 e. The van der Waals surface area contributed by atoms with Crippen molar-refractivity contribution in [2.45, 2.75) is 98.2 Å². The molecule has 0 heterocycles. The summed E-state index contributed by atoms with van der Waals surface area (Å²) in [5.74, 6) is -0.334. The molecule has 0 aromatic heterocycles. The minimum absolute atomic E-state index is 0.0236. The fourth-order valence-corrected chi connectivity index (χ4v) is 4.11. The molecule has 1 aromatic rings. The lowest BCUT2D eigenvalue weighted by Crippen LogP contribution is -2.25. The third-order valence-corrected chi connectivity index (χ3v) is 6.42. The van der Waals surface area contributed by atoms with E-state index >= 15 is 0 Å². The van der Waals surface area contributed by atoms with E-state index in [1.54, 1.807) is 12.1 Å². The fourth-order valence-electron chi connectivity index (χ4n) is 4.11. The van der Waals surface area contributed by atoms with Gasteiger partial charge in [0.2, 0.25) is 0 Å². The third kappa shape index (κ3) is 19.1. The van der Waals surface area contributed by atoms with Gasteiger partial charge in [-0.05, 0) is 36.8 Å². The van der Waals surface area contributed by atoms with Crippen molar-refractivity contribution in [2.24, 2.45) is 11.8 Å². The van der Waals surface area contributed by atoms with Gasteiger partial charge >= 0.3 is 11.9 Å². The Hall–Kier alpha value is -2.00. The molecule has 0 fully saturated rings. The van der Waals surface area contributed by atoms with Crippen molar-refractivity contribution < 1.29 is 38.4 Å². The highest BCUT2D eigenvalue weighted by Gasteiger charge is 2.16. The first-order valence-corrected chi connectivity index (χ1v) is 15.2. The Morgan fingerprint density at radius 1 is 0.650 bits per heavy atom. The van der Waals surface area contributed by atoms with Gasteiger partial charge in [0.1, 0.15) is 6.61 Å². The summed E-state index contributed by atoms with van der Waals surface area (Å²) in [6.45, 7) is 11.6. The standard InChI is InChI=1S/C32H54O8/c1-26(2)15-9-5-7-13-19-38-30(39-20-14-8-6-10-16-27(3)4)25-37-22-21-36-23-24-40-32(35)29-18-12-11-17-28(29)31(33)34/h11-12,17-18,26-27,30H,5-10,13-16,19-25H2,1-4H3,(H,33,34). The van der Waals surface area contributed by atoms with Crippen LogP contribution in [0.5, 0.6) is 0 Å². The minimum atomic E-state index is -1.17. The molecule has 8 heteroatoms. The Balaban J connectivity index is 2.22. The molecule has 0 saturated carbocycles. The number of carbonyl (C=O) groups excluding carboxylic acids is 1. The van der Waals surface area contributed by atoms with Crippen LogP contribution >= 0.6 is 0 Å². The van der Waals surface area contributed by atoms with E-state index in [2.05, 4.69) is 27.7 Å². The van der Waals surface area contributed by atoms with Crippen molar-refractivity contribution in [3.05, 3.63) is 35.4 Å². The van der Waals surface area contributed by atoms with Gasteiger partial charge < -0.3 is 28.8 Å². The van der Waals surface area contributed by atoms with Gasteiger partial charge in [-0.15, -0.1) is 0 Å². The number of esters is 1. The molecule has 0 aliphatic heterocycles. The van der Waals surface area contributed by atoms with Gasteiger partial charge in [0, 0.05) is 13.2 Å². The molecule has 0 amide bonds. The summed E-state index contributed by atoms with van der Waals surface area (Å²) in [5, 5.41) is 9.20. The van der Waals surface area contributed by atoms with Crippen molar-refractivity contribution in [3.8, 4) is 0 Å². The van der Waals surface area contributed by atoms with Crippen LogP contribution in [0, 0.1) is 11.8 Å². The Kier molecular flexibility index (Phi) is 21.3. The number of unbranched alkanes of at least 4 members (excludes halogenated alkanes) is 6. The largest absolute Gasteiger partial charge is 0.478 e. The Labute approximate surface area is 242 Å². The van der Waals surface area contributed by atoms with E-state index in [1.165, 1.54) is 50.7 Å². The Morgan fingerprint density at radius 3 is 1.70 bits per heavy atom. The van der Waals surface area contributed by atoms with Gasteiger partial charge in [0.05, 0.1) is 37.6 Å².